The van der Waals surface area contributed by atoms with Gasteiger partial charge >= 0.3 is 5.97 Å². The fourth-order valence-electron chi connectivity index (χ4n) is 2.34. The Morgan fingerprint density at radius 2 is 1.53 bits per heavy atom. The van der Waals surface area contributed by atoms with Crippen LogP contribution in [-0.2, 0) is 0 Å². The van der Waals surface area contributed by atoms with E-state index in [1.54, 1.807) is 24.3 Å². The van der Waals surface area contributed by atoms with Crippen molar-refractivity contribution in [2.75, 3.05) is 0 Å². The summed E-state index contributed by atoms with van der Waals surface area (Å²) in [6.45, 7) is 0. The Bertz CT molecular complexity index is 1090. The first-order valence-corrected chi connectivity index (χ1v) is 8.58. The minimum Gasteiger partial charge on any atom is -0.423 e. The van der Waals surface area contributed by atoms with E-state index in [0.717, 1.165) is 0 Å². The zero-order valence-electron chi connectivity index (χ0n) is 15.3. The van der Waals surface area contributed by atoms with Crippen LogP contribution in [0.1, 0.15) is 26.3 Å². The first kappa shape index (κ1) is 20.3. The normalized spacial score (nSPS) is 10.6. The highest BCUT2D eigenvalue weighted by atomic mass is 19.1. The topological polar surface area (TPSA) is 111 Å². The number of rotatable bonds is 6. The predicted octanol–water partition coefficient (Wildman–Crippen LogP) is 3.72. The van der Waals surface area contributed by atoms with Gasteiger partial charge in [0.15, 0.2) is 0 Å². The van der Waals surface area contributed by atoms with E-state index in [1.807, 2.05) is 0 Å². The zero-order chi connectivity index (χ0) is 21.5. The summed E-state index contributed by atoms with van der Waals surface area (Å²) < 4.78 is 18.1. The van der Waals surface area contributed by atoms with E-state index < -0.39 is 22.6 Å². The van der Waals surface area contributed by atoms with Crippen LogP contribution in [0.4, 0.5) is 10.1 Å². The molecule has 0 bridgehead atoms. The number of nitro benzene ring substituents is 1. The molecular weight excluding hydrogens is 393 g/mol. The highest BCUT2D eigenvalue weighted by molar-refractivity contribution is 5.95. The van der Waals surface area contributed by atoms with Crippen molar-refractivity contribution in [2.45, 2.75) is 0 Å². The summed E-state index contributed by atoms with van der Waals surface area (Å²) in [5.41, 5.74) is 3.27. The van der Waals surface area contributed by atoms with Gasteiger partial charge in [0.05, 0.1) is 16.7 Å². The van der Waals surface area contributed by atoms with Gasteiger partial charge in [0.25, 0.3) is 11.6 Å². The third-order valence-corrected chi connectivity index (χ3v) is 3.89. The van der Waals surface area contributed by atoms with Crippen molar-refractivity contribution >= 4 is 23.8 Å². The van der Waals surface area contributed by atoms with Crippen molar-refractivity contribution in [2.24, 2.45) is 5.10 Å². The second-order valence-corrected chi connectivity index (χ2v) is 5.97. The maximum Gasteiger partial charge on any atom is 0.343 e. The summed E-state index contributed by atoms with van der Waals surface area (Å²) in [6, 6.07) is 16.4. The number of hydrogen-bond donors (Lipinski definition) is 1. The van der Waals surface area contributed by atoms with Gasteiger partial charge in [-0.25, -0.2) is 14.6 Å². The summed E-state index contributed by atoms with van der Waals surface area (Å²) in [5.74, 6) is -1.30. The summed E-state index contributed by atoms with van der Waals surface area (Å²) in [5, 5.41) is 14.4. The van der Waals surface area contributed by atoms with Gasteiger partial charge in [-0.1, -0.05) is 0 Å². The largest absolute Gasteiger partial charge is 0.423 e. The molecule has 0 saturated heterocycles. The van der Waals surface area contributed by atoms with E-state index in [9.17, 15) is 24.1 Å². The quantitative estimate of drug-likeness (QED) is 0.220. The van der Waals surface area contributed by atoms with E-state index >= 15 is 0 Å². The fraction of sp³-hybridized carbons (Fsp3) is 0. The number of ether oxygens (including phenoxy) is 1. The van der Waals surface area contributed by atoms with Crippen molar-refractivity contribution in [3.63, 3.8) is 0 Å². The van der Waals surface area contributed by atoms with Gasteiger partial charge in [0.1, 0.15) is 11.6 Å². The SMILES string of the molecule is O=C(N/N=C/c1ccc(OC(=O)c2ccc(F)cc2)cc1)c1ccc([N+](=O)[O-])cc1. The van der Waals surface area contributed by atoms with Crippen molar-refractivity contribution in [3.8, 4) is 5.75 Å². The Morgan fingerprint density at radius 3 is 2.13 bits per heavy atom. The molecule has 0 aromatic heterocycles. The number of hydrogen-bond acceptors (Lipinski definition) is 6. The van der Waals surface area contributed by atoms with E-state index in [4.69, 9.17) is 4.74 Å². The van der Waals surface area contributed by atoms with E-state index in [-0.39, 0.29) is 22.6 Å². The lowest BCUT2D eigenvalue weighted by atomic mass is 10.2. The Balaban J connectivity index is 1.55. The maximum atomic E-state index is 12.9. The summed E-state index contributed by atoms with van der Waals surface area (Å²) in [6.07, 6.45) is 1.38. The maximum absolute atomic E-state index is 12.9. The van der Waals surface area contributed by atoms with Gasteiger partial charge in [0.2, 0.25) is 0 Å². The van der Waals surface area contributed by atoms with Crippen LogP contribution in [0.25, 0.3) is 0 Å². The highest BCUT2D eigenvalue weighted by Crippen LogP contribution is 2.14. The number of carbonyl (C=O) groups is 2. The number of benzene rings is 3. The lowest BCUT2D eigenvalue weighted by Gasteiger charge is -2.04. The van der Waals surface area contributed by atoms with Crippen LogP contribution >= 0.6 is 0 Å². The number of non-ortho nitro benzene ring substituents is 1. The summed E-state index contributed by atoms with van der Waals surface area (Å²) in [7, 11) is 0. The minimum atomic E-state index is -0.619. The van der Waals surface area contributed by atoms with Crippen LogP contribution in [0.15, 0.2) is 77.9 Å². The molecule has 3 rings (SSSR count). The van der Waals surface area contributed by atoms with Crippen LogP contribution in [0.2, 0.25) is 0 Å². The number of esters is 1. The molecule has 0 unspecified atom stereocenters. The first-order valence-electron chi connectivity index (χ1n) is 8.58. The molecule has 3 aromatic rings. The molecule has 1 amide bonds. The number of nitro groups is 1. The molecule has 0 aliphatic rings. The molecule has 150 valence electrons. The van der Waals surface area contributed by atoms with Crippen LogP contribution < -0.4 is 10.2 Å². The van der Waals surface area contributed by atoms with E-state index in [1.165, 1.54) is 54.7 Å². The lowest BCUT2D eigenvalue weighted by molar-refractivity contribution is -0.384. The van der Waals surface area contributed by atoms with Crippen molar-refractivity contribution in [1.29, 1.82) is 0 Å². The van der Waals surface area contributed by atoms with Gasteiger partial charge < -0.3 is 4.74 Å². The molecule has 9 heteroatoms. The highest BCUT2D eigenvalue weighted by Gasteiger charge is 2.09. The van der Waals surface area contributed by atoms with E-state index in [0.29, 0.717) is 5.56 Å². The zero-order valence-corrected chi connectivity index (χ0v) is 15.3. The molecule has 0 aliphatic carbocycles. The van der Waals surface area contributed by atoms with Crippen molar-refractivity contribution in [1.82, 2.24) is 5.43 Å². The molecule has 0 atom stereocenters. The Morgan fingerprint density at radius 1 is 0.933 bits per heavy atom. The van der Waals surface area contributed by atoms with Crippen molar-refractivity contribution in [3.05, 3.63) is 105 Å². The molecule has 0 spiro atoms. The number of nitrogens with zero attached hydrogens (tertiary/aromatic N) is 2. The number of hydrazone groups is 1. The first-order chi connectivity index (χ1) is 14.4. The lowest BCUT2D eigenvalue weighted by Crippen LogP contribution is -2.17. The number of halogens is 1. The summed E-state index contributed by atoms with van der Waals surface area (Å²) >= 11 is 0. The number of nitrogens with one attached hydrogen (secondary N) is 1. The van der Waals surface area contributed by atoms with Crippen molar-refractivity contribution < 1.29 is 23.6 Å². The monoisotopic (exact) mass is 407 g/mol. The molecule has 0 saturated carbocycles. The van der Waals surface area contributed by atoms with Crippen LogP contribution in [0.5, 0.6) is 5.75 Å². The average Bonchev–Trinajstić information content (AvgIpc) is 2.75. The fourth-order valence-corrected chi connectivity index (χ4v) is 2.34. The third-order valence-electron chi connectivity index (χ3n) is 3.89. The Kier molecular flexibility index (Phi) is 6.23. The average molecular weight is 407 g/mol. The second kappa shape index (κ2) is 9.20. The van der Waals surface area contributed by atoms with Gasteiger partial charge in [-0.3, -0.25) is 14.9 Å². The van der Waals surface area contributed by atoms with Gasteiger partial charge in [-0.15, -0.1) is 0 Å². The molecule has 0 aliphatic heterocycles. The molecule has 0 radical (unpaired) electrons. The Labute approximate surface area is 169 Å². The molecule has 0 heterocycles. The van der Waals surface area contributed by atoms with Crippen LogP contribution in [-0.4, -0.2) is 23.0 Å². The Hall–Kier alpha value is -4.40. The van der Waals surface area contributed by atoms with Gasteiger partial charge in [0, 0.05) is 17.7 Å². The third kappa shape index (κ3) is 5.32. The molecule has 3 aromatic carbocycles. The molecule has 8 nitrogen and oxygen atoms in total. The predicted molar refractivity (Wildman–Crippen MR) is 106 cm³/mol. The molecule has 1 N–H and O–H groups in total. The minimum absolute atomic E-state index is 0.115. The van der Waals surface area contributed by atoms with Crippen LogP contribution in [0, 0.1) is 15.9 Å². The number of carbonyl (C=O) groups excluding carboxylic acids is 2. The number of amides is 1. The van der Waals surface area contributed by atoms with Gasteiger partial charge in [-0.2, -0.15) is 5.10 Å². The molecule has 30 heavy (non-hydrogen) atoms. The summed E-state index contributed by atoms with van der Waals surface area (Å²) in [4.78, 5) is 34.0. The van der Waals surface area contributed by atoms with Crippen LogP contribution in [0.3, 0.4) is 0 Å². The molecular formula is C21H14FN3O5. The van der Waals surface area contributed by atoms with E-state index in [2.05, 4.69) is 10.5 Å². The molecule has 0 fully saturated rings. The standard InChI is InChI=1S/C21H14FN3O5/c22-17-7-3-16(4-8-17)21(27)30-19-11-1-14(2-12-19)13-23-24-20(26)15-5-9-18(10-6-15)25(28)29/h1-13H,(H,24,26)/b23-13+. The smallest absolute Gasteiger partial charge is 0.343 e. The second-order valence-electron chi connectivity index (χ2n) is 5.97. The van der Waals surface area contributed by atoms with Gasteiger partial charge in [-0.05, 0) is 66.2 Å².